The van der Waals surface area contributed by atoms with Crippen molar-refractivity contribution in [3.8, 4) is 5.75 Å². The van der Waals surface area contributed by atoms with Gasteiger partial charge >= 0.3 is 0 Å². The maximum absolute atomic E-state index is 12.3. The quantitative estimate of drug-likeness (QED) is 0.876. The molecule has 0 fully saturated rings. The molecule has 1 aromatic heterocycles. The molecule has 0 bridgehead atoms. The van der Waals surface area contributed by atoms with Crippen LogP contribution in [-0.4, -0.2) is 28.2 Å². The van der Waals surface area contributed by atoms with E-state index in [4.69, 9.17) is 0 Å². The molecule has 0 atom stereocenters. The van der Waals surface area contributed by atoms with Crippen molar-refractivity contribution in [3.63, 3.8) is 0 Å². The Balaban J connectivity index is 2.30. The molecule has 0 aliphatic carbocycles. The SMILES string of the molecule is CN(C(=O)c1ncccc1CO)c1ccc(O)cc1. The van der Waals surface area contributed by atoms with Crippen LogP contribution in [0.4, 0.5) is 5.69 Å². The first-order valence-electron chi connectivity index (χ1n) is 5.75. The van der Waals surface area contributed by atoms with E-state index in [0.717, 1.165) is 0 Å². The summed E-state index contributed by atoms with van der Waals surface area (Å²) in [7, 11) is 1.62. The van der Waals surface area contributed by atoms with Crippen molar-refractivity contribution >= 4 is 11.6 Å². The second kappa shape index (κ2) is 5.49. The topological polar surface area (TPSA) is 73.7 Å². The molecule has 1 amide bonds. The van der Waals surface area contributed by atoms with Crippen LogP contribution in [0.5, 0.6) is 5.75 Å². The highest BCUT2D eigenvalue weighted by atomic mass is 16.3. The number of nitrogens with zero attached hydrogens (tertiary/aromatic N) is 2. The first kappa shape index (κ1) is 13.0. The molecule has 1 heterocycles. The van der Waals surface area contributed by atoms with Crippen LogP contribution in [0, 0.1) is 0 Å². The van der Waals surface area contributed by atoms with Gasteiger partial charge in [-0.1, -0.05) is 6.07 Å². The summed E-state index contributed by atoms with van der Waals surface area (Å²) in [5, 5.41) is 18.4. The van der Waals surface area contributed by atoms with Crippen molar-refractivity contribution in [2.45, 2.75) is 6.61 Å². The third kappa shape index (κ3) is 2.71. The lowest BCUT2D eigenvalue weighted by Crippen LogP contribution is -2.28. The van der Waals surface area contributed by atoms with Gasteiger partial charge in [-0.05, 0) is 30.3 Å². The van der Waals surface area contributed by atoms with E-state index in [1.54, 1.807) is 31.3 Å². The van der Waals surface area contributed by atoms with E-state index in [2.05, 4.69) is 4.98 Å². The molecule has 0 saturated carbocycles. The van der Waals surface area contributed by atoms with Gasteiger partial charge in [-0.3, -0.25) is 9.78 Å². The third-order valence-electron chi connectivity index (χ3n) is 2.81. The van der Waals surface area contributed by atoms with Crippen LogP contribution in [0.1, 0.15) is 16.1 Å². The zero-order valence-corrected chi connectivity index (χ0v) is 10.4. The molecule has 2 aromatic rings. The summed E-state index contributed by atoms with van der Waals surface area (Å²) in [5.41, 5.74) is 1.34. The van der Waals surface area contributed by atoms with Gasteiger partial charge in [0.05, 0.1) is 6.61 Å². The molecular weight excluding hydrogens is 244 g/mol. The van der Waals surface area contributed by atoms with Crippen molar-refractivity contribution in [2.24, 2.45) is 0 Å². The minimum absolute atomic E-state index is 0.137. The fourth-order valence-corrected chi connectivity index (χ4v) is 1.71. The minimum Gasteiger partial charge on any atom is -0.508 e. The lowest BCUT2D eigenvalue weighted by atomic mass is 10.1. The van der Waals surface area contributed by atoms with Crippen LogP contribution in [0.2, 0.25) is 0 Å². The van der Waals surface area contributed by atoms with Gasteiger partial charge in [0, 0.05) is 24.5 Å². The standard InChI is InChI=1S/C14H14N2O3/c1-16(11-4-6-12(18)7-5-11)14(19)13-10(9-17)3-2-8-15-13/h2-8,17-18H,9H2,1H3. The first-order chi connectivity index (χ1) is 9.13. The van der Waals surface area contributed by atoms with Gasteiger partial charge in [-0.25, -0.2) is 0 Å². The molecule has 5 nitrogen and oxygen atoms in total. The van der Waals surface area contributed by atoms with Crippen LogP contribution < -0.4 is 4.90 Å². The van der Waals surface area contributed by atoms with Crippen molar-refractivity contribution < 1.29 is 15.0 Å². The Morgan fingerprint density at radius 3 is 2.58 bits per heavy atom. The molecule has 19 heavy (non-hydrogen) atoms. The lowest BCUT2D eigenvalue weighted by Gasteiger charge is -2.18. The number of phenolic OH excluding ortho intramolecular Hbond substituents is 1. The Bertz CT molecular complexity index is 581. The van der Waals surface area contributed by atoms with Gasteiger partial charge in [-0.2, -0.15) is 0 Å². The van der Waals surface area contributed by atoms with Crippen LogP contribution in [0.3, 0.4) is 0 Å². The number of carbonyl (C=O) groups excluding carboxylic acids is 1. The first-order valence-corrected chi connectivity index (χ1v) is 5.75. The predicted octanol–water partition coefficient (Wildman–Crippen LogP) is 1.56. The van der Waals surface area contributed by atoms with E-state index >= 15 is 0 Å². The smallest absolute Gasteiger partial charge is 0.276 e. The Morgan fingerprint density at radius 1 is 1.26 bits per heavy atom. The lowest BCUT2D eigenvalue weighted by molar-refractivity contribution is 0.0985. The fraction of sp³-hybridized carbons (Fsp3) is 0.143. The summed E-state index contributed by atoms with van der Waals surface area (Å²) in [6.45, 7) is -0.238. The molecule has 0 aliphatic rings. The van der Waals surface area contributed by atoms with E-state index in [-0.39, 0.29) is 24.0 Å². The maximum Gasteiger partial charge on any atom is 0.276 e. The number of carbonyl (C=O) groups is 1. The van der Waals surface area contributed by atoms with Gasteiger partial charge in [0.25, 0.3) is 5.91 Å². The number of anilines is 1. The number of phenols is 1. The molecule has 1 aromatic carbocycles. The Morgan fingerprint density at radius 2 is 1.95 bits per heavy atom. The fourth-order valence-electron chi connectivity index (χ4n) is 1.71. The molecule has 0 aliphatic heterocycles. The molecule has 0 unspecified atom stereocenters. The van der Waals surface area contributed by atoms with Gasteiger partial charge in [0.15, 0.2) is 0 Å². The third-order valence-corrected chi connectivity index (χ3v) is 2.81. The number of aromatic hydroxyl groups is 1. The van der Waals surface area contributed by atoms with E-state index in [1.807, 2.05) is 0 Å². The number of aliphatic hydroxyl groups excluding tert-OH is 1. The van der Waals surface area contributed by atoms with Gasteiger partial charge in [-0.15, -0.1) is 0 Å². The number of hydrogen-bond donors (Lipinski definition) is 2. The zero-order valence-electron chi connectivity index (χ0n) is 10.4. The highest BCUT2D eigenvalue weighted by molar-refractivity contribution is 6.05. The van der Waals surface area contributed by atoms with Crippen molar-refractivity contribution in [3.05, 3.63) is 53.9 Å². The Kier molecular flexibility index (Phi) is 3.77. The Labute approximate surface area is 110 Å². The Hall–Kier alpha value is -2.40. The maximum atomic E-state index is 12.3. The number of benzene rings is 1. The van der Waals surface area contributed by atoms with E-state index in [9.17, 15) is 15.0 Å². The molecule has 0 radical (unpaired) electrons. The predicted molar refractivity (Wildman–Crippen MR) is 71.0 cm³/mol. The zero-order chi connectivity index (χ0) is 13.8. The highest BCUT2D eigenvalue weighted by Gasteiger charge is 2.17. The number of aliphatic hydroxyl groups is 1. The van der Waals surface area contributed by atoms with Crippen molar-refractivity contribution in [1.82, 2.24) is 4.98 Å². The number of amides is 1. The molecular formula is C14H14N2O3. The van der Waals surface area contributed by atoms with E-state index in [1.165, 1.54) is 23.2 Å². The minimum atomic E-state index is -0.310. The average molecular weight is 258 g/mol. The van der Waals surface area contributed by atoms with Crippen LogP contribution in [0.15, 0.2) is 42.6 Å². The summed E-state index contributed by atoms with van der Waals surface area (Å²) in [4.78, 5) is 17.7. The normalized spacial score (nSPS) is 10.2. The summed E-state index contributed by atoms with van der Waals surface area (Å²) in [6, 6.07) is 9.60. The van der Waals surface area contributed by atoms with Crippen LogP contribution in [0.25, 0.3) is 0 Å². The number of rotatable bonds is 3. The van der Waals surface area contributed by atoms with Crippen LogP contribution >= 0.6 is 0 Å². The molecule has 98 valence electrons. The van der Waals surface area contributed by atoms with E-state index < -0.39 is 0 Å². The summed E-state index contributed by atoms with van der Waals surface area (Å²) < 4.78 is 0. The number of pyridine rings is 1. The second-order valence-electron chi connectivity index (χ2n) is 4.05. The molecule has 5 heteroatoms. The summed E-state index contributed by atoms with van der Waals surface area (Å²) in [6.07, 6.45) is 1.51. The van der Waals surface area contributed by atoms with Gasteiger partial charge in [0.2, 0.25) is 0 Å². The molecule has 0 spiro atoms. The van der Waals surface area contributed by atoms with Crippen molar-refractivity contribution in [1.29, 1.82) is 0 Å². The summed E-state index contributed by atoms with van der Waals surface area (Å²) in [5.74, 6) is -0.172. The van der Waals surface area contributed by atoms with Crippen molar-refractivity contribution in [2.75, 3.05) is 11.9 Å². The van der Waals surface area contributed by atoms with Gasteiger partial charge in [0.1, 0.15) is 11.4 Å². The van der Waals surface area contributed by atoms with Crippen LogP contribution in [-0.2, 0) is 6.61 Å². The summed E-state index contributed by atoms with van der Waals surface area (Å²) >= 11 is 0. The largest absolute Gasteiger partial charge is 0.508 e. The monoisotopic (exact) mass is 258 g/mol. The average Bonchev–Trinajstić information content (AvgIpc) is 2.46. The van der Waals surface area contributed by atoms with Gasteiger partial charge < -0.3 is 15.1 Å². The van der Waals surface area contributed by atoms with E-state index in [0.29, 0.717) is 11.3 Å². The number of aromatic nitrogens is 1. The molecule has 2 rings (SSSR count). The molecule has 2 N–H and O–H groups in total. The highest BCUT2D eigenvalue weighted by Crippen LogP contribution is 2.19. The number of hydrogen-bond acceptors (Lipinski definition) is 4. The molecule has 0 saturated heterocycles. The second-order valence-corrected chi connectivity index (χ2v) is 4.05.